The highest BCUT2D eigenvalue weighted by atomic mass is 19.1. The maximum atomic E-state index is 13.4. The molecule has 0 radical (unpaired) electrons. The van der Waals surface area contributed by atoms with E-state index in [1.807, 2.05) is 4.90 Å². The van der Waals surface area contributed by atoms with Crippen LogP contribution in [0.4, 0.5) is 15.8 Å². The van der Waals surface area contributed by atoms with Gasteiger partial charge in [0.15, 0.2) is 0 Å². The molecule has 1 aliphatic rings. The van der Waals surface area contributed by atoms with Crippen LogP contribution in [0, 0.1) is 5.82 Å². The number of fused-ring (bicyclic) bond motifs is 1. The molecule has 6 nitrogen and oxygen atoms in total. The Kier molecular flexibility index (Phi) is 4.43. The van der Waals surface area contributed by atoms with Gasteiger partial charge in [0.25, 0.3) is 5.91 Å². The van der Waals surface area contributed by atoms with Gasteiger partial charge in [0, 0.05) is 25.1 Å². The van der Waals surface area contributed by atoms with E-state index in [0.29, 0.717) is 30.8 Å². The molecule has 0 bridgehead atoms. The predicted molar refractivity (Wildman–Crippen MR) is 86.4 cm³/mol. The number of amides is 2. The van der Waals surface area contributed by atoms with Crippen molar-refractivity contribution in [3.8, 4) is 0 Å². The largest absolute Gasteiger partial charge is 0.365 e. The van der Waals surface area contributed by atoms with Crippen LogP contribution in [-0.4, -0.2) is 23.6 Å². The first-order chi connectivity index (χ1) is 11.6. The fraction of sp³-hybridized carbons (Fsp3) is 0.176. The standard InChI is InChI=1S/C17H16FN3O3/c18-13-5-6-15-14(9-13)19-16(22)7-8-21(15)10-11-1-3-12(4-2-11)17(23)20-24/h1-6,9,24H,7-8,10H2,(H,19,22)(H,20,23). The number of nitrogens with zero attached hydrogens (tertiary/aromatic N) is 1. The molecular formula is C17H16FN3O3. The van der Waals surface area contributed by atoms with Crippen LogP contribution in [0.3, 0.4) is 0 Å². The van der Waals surface area contributed by atoms with E-state index in [1.54, 1.807) is 35.8 Å². The minimum absolute atomic E-state index is 0.153. The van der Waals surface area contributed by atoms with Crippen LogP contribution >= 0.6 is 0 Å². The SMILES string of the molecule is O=C1CCN(Cc2ccc(C(=O)NO)cc2)c2ccc(F)cc2N1. The maximum absolute atomic E-state index is 13.4. The van der Waals surface area contributed by atoms with Gasteiger partial charge in [-0.25, -0.2) is 9.87 Å². The highest BCUT2D eigenvalue weighted by Crippen LogP contribution is 2.30. The van der Waals surface area contributed by atoms with Gasteiger partial charge in [0.1, 0.15) is 5.82 Å². The first-order valence-electron chi connectivity index (χ1n) is 7.44. The highest BCUT2D eigenvalue weighted by molar-refractivity contribution is 5.96. The Bertz CT molecular complexity index is 777. The molecule has 24 heavy (non-hydrogen) atoms. The van der Waals surface area contributed by atoms with Crippen molar-refractivity contribution in [3.05, 3.63) is 59.4 Å². The van der Waals surface area contributed by atoms with Gasteiger partial charge in [-0.1, -0.05) is 12.1 Å². The fourth-order valence-corrected chi connectivity index (χ4v) is 2.66. The molecule has 3 N–H and O–H groups in total. The van der Waals surface area contributed by atoms with Gasteiger partial charge in [-0.05, 0) is 35.9 Å². The Morgan fingerprint density at radius 1 is 1.25 bits per heavy atom. The quantitative estimate of drug-likeness (QED) is 0.596. The average molecular weight is 329 g/mol. The molecule has 7 heteroatoms. The number of carbonyl (C=O) groups is 2. The first-order valence-corrected chi connectivity index (χ1v) is 7.44. The van der Waals surface area contributed by atoms with E-state index in [4.69, 9.17) is 5.21 Å². The molecule has 3 rings (SSSR count). The highest BCUT2D eigenvalue weighted by Gasteiger charge is 2.19. The molecule has 2 aromatic rings. The Hall–Kier alpha value is -2.93. The van der Waals surface area contributed by atoms with Gasteiger partial charge >= 0.3 is 0 Å². The third kappa shape index (κ3) is 3.36. The van der Waals surface area contributed by atoms with Gasteiger partial charge in [-0.3, -0.25) is 14.8 Å². The lowest BCUT2D eigenvalue weighted by Gasteiger charge is -2.24. The summed E-state index contributed by atoms with van der Waals surface area (Å²) >= 11 is 0. The summed E-state index contributed by atoms with van der Waals surface area (Å²) in [7, 11) is 0. The van der Waals surface area contributed by atoms with Crippen molar-refractivity contribution in [2.45, 2.75) is 13.0 Å². The minimum atomic E-state index is -0.577. The Morgan fingerprint density at radius 2 is 2.00 bits per heavy atom. The Morgan fingerprint density at radius 3 is 2.71 bits per heavy atom. The molecule has 0 saturated carbocycles. The monoisotopic (exact) mass is 329 g/mol. The number of hydroxylamine groups is 1. The number of hydrogen-bond acceptors (Lipinski definition) is 4. The van der Waals surface area contributed by atoms with Gasteiger partial charge in [0.2, 0.25) is 5.91 Å². The summed E-state index contributed by atoms with van der Waals surface area (Å²) in [6.45, 7) is 1.01. The summed E-state index contributed by atoms with van der Waals surface area (Å²) in [5, 5.41) is 11.3. The average Bonchev–Trinajstić information content (AvgIpc) is 2.73. The number of benzene rings is 2. The van der Waals surface area contributed by atoms with E-state index >= 15 is 0 Å². The minimum Gasteiger partial charge on any atom is -0.365 e. The van der Waals surface area contributed by atoms with Crippen molar-refractivity contribution in [3.63, 3.8) is 0 Å². The number of nitrogens with one attached hydrogen (secondary N) is 2. The molecule has 0 aliphatic carbocycles. The number of halogens is 1. The summed E-state index contributed by atoms with van der Waals surface area (Å²) < 4.78 is 13.4. The summed E-state index contributed by atoms with van der Waals surface area (Å²) in [6, 6.07) is 11.1. The third-order valence-electron chi connectivity index (χ3n) is 3.87. The summed E-state index contributed by atoms with van der Waals surface area (Å²) in [6.07, 6.45) is 0.307. The topological polar surface area (TPSA) is 81.7 Å². The molecule has 0 fully saturated rings. The lowest BCUT2D eigenvalue weighted by molar-refractivity contribution is -0.115. The number of carbonyl (C=O) groups excluding carboxylic acids is 2. The van der Waals surface area contributed by atoms with E-state index in [2.05, 4.69) is 5.32 Å². The normalized spacial score (nSPS) is 13.8. The van der Waals surface area contributed by atoms with Crippen LogP contribution in [0.25, 0.3) is 0 Å². The van der Waals surface area contributed by atoms with E-state index < -0.39 is 11.7 Å². The lowest BCUT2D eigenvalue weighted by atomic mass is 10.1. The summed E-state index contributed by atoms with van der Waals surface area (Å²) in [5.41, 5.74) is 4.05. The molecular weight excluding hydrogens is 313 g/mol. The molecule has 1 aliphatic heterocycles. The fourth-order valence-electron chi connectivity index (χ4n) is 2.66. The van der Waals surface area contributed by atoms with Crippen LogP contribution in [0.15, 0.2) is 42.5 Å². The zero-order valence-electron chi connectivity index (χ0n) is 12.8. The molecule has 0 atom stereocenters. The molecule has 0 unspecified atom stereocenters. The van der Waals surface area contributed by atoms with Gasteiger partial charge in [-0.2, -0.15) is 0 Å². The second-order valence-corrected chi connectivity index (χ2v) is 5.52. The van der Waals surface area contributed by atoms with Crippen LogP contribution in [0.5, 0.6) is 0 Å². The van der Waals surface area contributed by atoms with Crippen molar-refractivity contribution < 1.29 is 19.2 Å². The van der Waals surface area contributed by atoms with Crippen molar-refractivity contribution in [2.75, 3.05) is 16.8 Å². The number of hydrogen-bond donors (Lipinski definition) is 3. The molecule has 0 spiro atoms. The van der Waals surface area contributed by atoms with E-state index in [0.717, 1.165) is 11.3 Å². The van der Waals surface area contributed by atoms with Crippen molar-refractivity contribution in [1.82, 2.24) is 5.48 Å². The second-order valence-electron chi connectivity index (χ2n) is 5.52. The zero-order valence-corrected chi connectivity index (χ0v) is 12.8. The second kappa shape index (κ2) is 6.67. The van der Waals surface area contributed by atoms with Gasteiger partial charge in [-0.15, -0.1) is 0 Å². The van der Waals surface area contributed by atoms with Crippen LogP contribution < -0.4 is 15.7 Å². The lowest BCUT2D eigenvalue weighted by Crippen LogP contribution is -2.24. The molecule has 1 heterocycles. The van der Waals surface area contributed by atoms with Gasteiger partial charge in [0.05, 0.1) is 11.4 Å². The smallest absolute Gasteiger partial charge is 0.274 e. The zero-order chi connectivity index (χ0) is 17.1. The van der Waals surface area contributed by atoms with Crippen LogP contribution in [0.1, 0.15) is 22.3 Å². The van der Waals surface area contributed by atoms with Crippen molar-refractivity contribution in [2.24, 2.45) is 0 Å². The Labute approximate surface area is 137 Å². The predicted octanol–water partition coefficient (Wildman–Crippen LogP) is 2.29. The molecule has 124 valence electrons. The maximum Gasteiger partial charge on any atom is 0.274 e. The molecule has 2 aromatic carbocycles. The summed E-state index contributed by atoms with van der Waals surface area (Å²) in [5.74, 6) is -1.14. The molecule has 2 amide bonds. The Balaban J connectivity index is 1.84. The van der Waals surface area contributed by atoms with E-state index in [9.17, 15) is 14.0 Å². The van der Waals surface area contributed by atoms with Gasteiger partial charge < -0.3 is 10.2 Å². The van der Waals surface area contributed by atoms with E-state index in [1.165, 1.54) is 12.1 Å². The van der Waals surface area contributed by atoms with Crippen LogP contribution in [0.2, 0.25) is 0 Å². The summed E-state index contributed by atoms with van der Waals surface area (Å²) in [4.78, 5) is 25.1. The van der Waals surface area contributed by atoms with Crippen molar-refractivity contribution >= 4 is 23.2 Å². The number of rotatable bonds is 3. The van der Waals surface area contributed by atoms with Crippen molar-refractivity contribution in [1.29, 1.82) is 0 Å². The molecule has 0 saturated heterocycles. The number of anilines is 2. The third-order valence-corrected chi connectivity index (χ3v) is 3.87. The van der Waals surface area contributed by atoms with Crippen LogP contribution in [-0.2, 0) is 11.3 Å². The van der Waals surface area contributed by atoms with E-state index in [-0.39, 0.29) is 5.91 Å². The molecule has 0 aromatic heterocycles. The first kappa shape index (κ1) is 15.9.